The first-order chi connectivity index (χ1) is 12.2. The van der Waals surface area contributed by atoms with E-state index in [0.717, 1.165) is 31.7 Å². The van der Waals surface area contributed by atoms with Crippen molar-refractivity contribution in [1.82, 2.24) is 10.0 Å². The second-order valence-corrected chi connectivity index (χ2v) is 8.65. The van der Waals surface area contributed by atoms with Crippen molar-refractivity contribution in [3.8, 4) is 0 Å². The van der Waals surface area contributed by atoms with Gasteiger partial charge in [-0.1, -0.05) is 31.4 Å². The van der Waals surface area contributed by atoms with Gasteiger partial charge in [-0.2, -0.15) is 0 Å². The van der Waals surface area contributed by atoms with E-state index in [-0.39, 0.29) is 27.4 Å². The molecule has 144 valence electrons. The molecule has 0 unspecified atom stereocenters. The van der Waals surface area contributed by atoms with Gasteiger partial charge in [-0.3, -0.25) is 4.79 Å². The quantitative estimate of drug-likeness (QED) is 0.709. The Morgan fingerprint density at radius 1 is 1.27 bits per heavy atom. The summed E-state index contributed by atoms with van der Waals surface area (Å²) in [6, 6.07) is 3.79. The molecule has 0 bridgehead atoms. The van der Waals surface area contributed by atoms with Gasteiger partial charge in [0.05, 0.1) is 15.5 Å². The van der Waals surface area contributed by atoms with E-state index in [4.69, 9.17) is 16.3 Å². The van der Waals surface area contributed by atoms with Crippen LogP contribution >= 0.6 is 11.6 Å². The molecule has 1 aromatic carbocycles. The summed E-state index contributed by atoms with van der Waals surface area (Å²) in [6.45, 7) is 1.64. The molecule has 2 N–H and O–H groups in total. The number of rotatable bonds is 6. The fourth-order valence-electron chi connectivity index (χ4n) is 2.93. The second-order valence-electron chi connectivity index (χ2n) is 6.36. The van der Waals surface area contributed by atoms with Crippen LogP contribution in [0.25, 0.3) is 0 Å². The number of carbonyl (C=O) groups is 2. The minimum Gasteiger partial charge on any atom is -0.452 e. The fraction of sp³-hybridized carbons (Fsp3) is 0.529. The van der Waals surface area contributed by atoms with Gasteiger partial charge in [0, 0.05) is 6.04 Å². The standard InChI is InChI=1S/C17H23ClN2O5S/c1-11-5-3-4-6-15(11)20-16(21)10-25-17(22)13-9-12(7-8-14(13)18)26(23,24)19-2/h7-9,11,15,19H,3-6,10H2,1-2H3,(H,20,21)/t11-,15+/m1/s1. The third-order valence-corrected chi connectivity index (χ3v) is 6.27. The second kappa shape index (κ2) is 8.83. The van der Waals surface area contributed by atoms with Crippen LogP contribution in [0.4, 0.5) is 0 Å². The number of hydrogen-bond acceptors (Lipinski definition) is 5. The normalized spacial score (nSPS) is 20.4. The minimum absolute atomic E-state index is 0.0476. The molecule has 0 heterocycles. The van der Waals surface area contributed by atoms with Crippen LogP contribution in [0.15, 0.2) is 23.1 Å². The molecule has 0 aromatic heterocycles. The van der Waals surface area contributed by atoms with E-state index in [1.54, 1.807) is 0 Å². The van der Waals surface area contributed by atoms with Crippen molar-refractivity contribution in [1.29, 1.82) is 0 Å². The summed E-state index contributed by atoms with van der Waals surface area (Å²) in [4.78, 5) is 24.1. The largest absolute Gasteiger partial charge is 0.452 e. The molecule has 0 saturated heterocycles. The summed E-state index contributed by atoms with van der Waals surface area (Å²) in [6.07, 6.45) is 4.20. The molecule has 2 rings (SSSR count). The van der Waals surface area contributed by atoms with Crippen molar-refractivity contribution in [3.05, 3.63) is 28.8 Å². The Labute approximate surface area is 158 Å². The van der Waals surface area contributed by atoms with Crippen LogP contribution in [0.3, 0.4) is 0 Å². The maximum absolute atomic E-state index is 12.2. The van der Waals surface area contributed by atoms with E-state index in [2.05, 4.69) is 17.0 Å². The first kappa shape index (κ1) is 20.7. The Kier molecular flexibility index (Phi) is 7.02. The van der Waals surface area contributed by atoms with Crippen molar-refractivity contribution in [2.75, 3.05) is 13.7 Å². The Morgan fingerprint density at radius 3 is 2.62 bits per heavy atom. The molecule has 26 heavy (non-hydrogen) atoms. The van der Waals surface area contributed by atoms with Crippen molar-refractivity contribution in [2.24, 2.45) is 5.92 Å². The molecule has 9 heteroatoms. The lowest BCUT2D eigenvalue weighted by Crippen LogP contribution is -2.42. The van der Waals surface area contributed by atoms with Crippen LogP contribution in [0.5, 0.6) is 0 Å². The van der Waals surface area contributed by atoms with Gasteiger partial charge in [-0.15, -0.1) is 0 Å². The summed E-state index contributed by atoms with van der Waals surface area (Å²) < 4.78 is 30.8. The molecule has 1 saturated carbocycles. The Morgan fingerprint density at radius 2 is 1.96 bits per heavy atom. The van der Waals surface area contributed by atoms with E-state index in [0.29, 0.717) is 5.92 Å². The molecule has 0 radical (unpaired) electrons. The number of amides is 1. The first-order valence-electron chi connectivity index (χ1n) is 8.44. The molecular weight excluding hydrogens is 380 g/mol. The van der Waals surface area contributed by atoms with E-state index in [1.165, 1.54) is 19.2 Å². The van der Waals surface area contributed by atoms with Gasteiger partial charge >= 0.3 is 5.97 Å². The lowest BCUT2D eigenvalue weighted by molar-refractivity contribution is -0.125. The number of ether oxygens (including phenoxy) is 1. The number of sulfonamides is 1. The zero-order valence-corrected chi connectivity index (χ0v) is 16.3. The number of esters is 1. The number of nitrogens with one attached hydrogen (secondary N) is 2. The van der Waals surface area contributed by atoms with Crippen LogP contribution in [-0.4, -0.2) is 40.0 Å². The highest BCUT2D eigenvalue weighted by Gasteiger charge is 2.24. The van der Waals surface area contributed by atoms with Crippen molar-refractivity contribution < 1.29 is 22.7 Å². The van der Waals surface area contributed by atoms with Crippen LogP contribution in [0.1, 0.15) is 43.0 Å². The third kappa shape index (κ3) is 5.18. The van der Waals surface area contributed by atoms with Crippen molar-refractivity contribution in [3.63, 3.8) is 0 Å². The Bertz CT molecular complexity index is 781. The predicted octanol–water partition coefficient (Wildman–Crippen LogP) is 2.10. The van der Waals surface area contributed by atoms with Gasteiger partial charge in [-0.05, 0) is 44.0 Å². The molecule has 1 amide bonds. The average Bonchev–Trinajstić information content (AvgIpc) is 2.62. The minimum atomic E-state index is -3.72. The molecule has 2 atom stereocenters. The van der Waals surface area contributed by atoms with Gasteiger partial charge < -0.3 is 10.1 Å². The monoisotopic (exact) mass is 402 g/mol. The Balaban J connectivity index is 1.99. The lowest BCUT2D eigenvalue weighted by atomic mass is 9.86. The number of halogens is 1. The van der Waals surface area contributed by atoms with E-state index < -0.39 is 22.6 Å². The number of hydrogen-bond donors (Lipinski definition) is 2. The lowest BCUT2D eigenvalue weighted by Gasteiger charge is -2.29. The van der Waals surface area contributed by atoms with Crippen LogP contribution in [0.2, 0.25) is 5.02 Å². The first-order valence-corrected chi connectivity index (χ1v) is 10.3. The smallest absolute Gasteiger partial charge is 0.340 e. The SMILES string of the molecule is CNS(=O)(=O)c1ccc(Cl)c(C(=O)OCC(=O)N[C@H]2CCCC[C@H]2C)c1. The summed E-state index contributed by atoms with van der Waals surface area (Å²) in [5.74, 6) is -0.844. The molecule has 0 spiro atoms. The maximum atomic E-state index is 12.2. The summed E-state index contributed by atoms with van der Waals surface area (Å²) in [5, 5.41) is 2.93. The number of carbonyl (C=O) groups excluding carboxylic acids is 2. The van der Waals surface area contributed by atoms with E-state index in [1.807, 2.05) is 0 Å². The van der Waals surface area contributed by atoms with Crippen molar-refractivity contribution >= 4 is 33.5 Å². The molecule has 1 aliphatic rings. The van der Waals surface area contributed by atoms with Gasteiger partial charge in [0.1, 0.15) is 0 Å². The highest BCUT2D eigenvalue weighted by atomic mass is 35.5. The molecule has 7 nitrogen and oxygen atoms in total. The predicted molar refractivity (Wildman–Crippen MR) is 97.5 cm³/mol. The van der Waals surface area contributed by atoms with Crippen LogP contribution < -0.4 is 10.0 Å². The van der Waals surface area contributed by atoms with Crippen molar-refractivity contribution in [2.45, 2.75) is 43.5 Å². The Hall–Kier alpha value is -1.64. The molecular formula is C17H23ClN2O5S. The summed E-state index contributed by atoms with van der Waals surface area (Å²) >= 11 is 5.96. The highest BCUT2D eigenvalue weighted by molar-refractivity contribution is 7.89. The summed E-state index contributed by atoms with van der Waals surface area (Å²) in [5.41, 5.74) is -0.109. The van der Waals surface area contributed by atoms with E-state index in [9.17, 15) is 18.0 Å². The van der Waals surface area contributed by atoms with Gasteiger partial charge in [0.15, 0.2) is 6.61 Å². The molecule has 1 fully saturated rings. The zero-order valence-electron chi connectivity index (χ0n) is 14.7. The molecule has 1 aromatic rings. The van der Waals surface area contributed by atoms with Gasteiger partial charge in [0.25, 0.3) is 5.91 Å². The fourth-order valence-corrected chi connectivity index (χ4v) is 3.88. The van der Waals surface area contributed by atoms with Gasteiger partial charge in [0.2, 0.25) is 10.0 Å². The summed E-state index contributed by atoms with van der Waals surface area (Å²) in [7, 11) is -2.46. The van der Waals surface area contributed by atoms with E-state index >= 15 is 0 Å². The topological polar surface area (TPSA) is 102 Å². The highest BCUT2D eigenvalue weighted by Crippen LogP contribution is 2.24. The molecule has 1 aliphatic carbocycles. The average molecular weight is 403 g/mol. The van der Waals surface area contributed by atoms with Crippen LogP contribution in [0, 0.1) is 5.92 Å². The molecule has 0 aliphatic heterocycles. The van der Waals surface area contributed by atoms with Crippen LogP contribution in [-0.2, 0) is 19.6 Å². The number of benzene rings is 1. The van der Waals surface area contributed by atoms with Gasteiger partial charge in [-0.25, -0.2) is 17.9 Å². The third-order valence-electron chi connectivity index (χ3n) is 4.53. The maximum Gasteiger partial charge on any atom is 0.340 e. The zero-order chi connectivity index (χ0) is 19.3.